The van der Waals surface area contributed by atoms with E-state index in [2.05, 4.69) is 10.5 Å². The molecule has 32 heavy (non-hydrogen) atoms. The van der Waals surface area contributed by atoms with Crippen LogP contribution >= 0.6 is 0 Å². The third-order valence-electron chi connectivity index (χ3n) is 4.79. The number of fused-ring (bicyclic) bond motifs is 1. The highest BCUT2D eigenvalue weighted by Gasteiger charge is 2.27. The lowest BCUT2D eigenvalue weighted by atomic mass is 10.1. The zero-order valence-corrected chi connectivity index (χ0v) is 17.4. The summed E-state index contributed by atoms with van der Waals surface area (Å²) >= 11 is 0. The molecule has 1 fully saturated rings. The molecule has 1 saturated heterocycles. The van der Waals surface area contributed by atoms with Crippen molar-refractivity contribution in [2.24, 2.45) is 5.10 Å². The van der Waals surface area contributed by atoms with E-state index in [1.54, 1.807) is 0 Å². The molecule has 0 spiro atoms. The van der Waals surface area contributed by atoms with Crippen LogP contribution in [-0.4, -0.2) is 62.9 Å². The van der Waals surface area contributed by atoms with Crippen molar-refractivity contribution >= 4 is 27.8 Å². The zero-order chi connectivity index (χ0) is 22.7. The molecule has 0 unspecified atom stereocenters. The Kier molecular flexibility index (Phi) is 6.03. The third-order valence-corrected chi connectivity index (χ3v) is 6.69. The van der Waals surface area contributed by atoms with E-state index in [0.717, 1.165) is 6.21 Å². The first-order valence-electron chi connectivity index (χ1n) is 9.45. The number of hydrogen-bond acceptors (Lipinski definition) is 9. The highest BCUT2D eigenvalue weighted by molar-refractivity contribution is 7.89. The van der Waals surface area contributed by atoms with Gasteiger partial charge in [0.05, 0.1) is 40.9 Å². The van der Waals surface area contributed by atoms with Crippen molar-refractivity contribution in [3.05, 3.63) is 57.6 Å². The van der Waals surface area contributed by atoms with Crippen molar-refractivity contribution in [2.45, 2.75) is 4.90 Å². The van der Waals surface area contributed by atoms with Crippen LogP contribution in [0.1, 0.15) is 15.9 Å². The van der Waals surface area contributed by atoms with Crippen molar-refractivity contribution in [1.82, 2.24) is 9.73 Å². The quantitative estimate of drug-likeness (QED) is 0.381. The largest absolute Gasteiger partial charge is 0.454 e. The van der Waals surface area contributed by atoms with Gasteiger partial charge in [-0.2, -0.15) is 9.41 Å². The van der Waals surface area contributed by atoms with Crippen LogP contribution in [0.25, 0.3) is 0 Å². The molecular weight excluding hydrogens is 444 g/mol. The van der Waals surface area contributed by atoms with Crippen molar-refractivity contribution in [2.75, 3.05) is 33.1 Å². The molecule has 13 heteroatoms. The Balaban J connectivity index is 1.50. The molecule has 2 aromatic carbocycles. The van der Waals surface area contributed by atoms with E-state index in [0.29, 0.717) is 19.0 Å². The maximum absolute atomic E-state index is 12.8. The van der Waals surface area contributed by atoms with Gasteiger partial charge in [-0.15, -0.1) is 0 Å². The molecule has 2 aliphatic heterocycles. The van der Waals surface area contributed by atoms with E-state index in [-0.39, 0.29) is 47.3 Å². The number of nitrogens with one attached hydrogen (secondary N) is 1. The standard InChI is InChI=1S/C19H18N4O8S/c24-19(13-2-1-3-15(8-13)32(27,28)22-4-6-29-7-5-22)21-20-11-14-9-17-18(31-12-30-17)10-16(14)23(25)26/h1-3,8-11H,4-7,12H2,(H,21,24). The maximum atomic E-state index is 12.8. The topological polar surface area (TPSA) is 150 Å². The average Bonchev–Trinajstić information content (AvgIpc) is 3.26. The second kappa shape index (κ2) is 8.90. The second-order valence-electron chi connectivity index (χ2n) is 6.76. The van der Waals surface area contributed by atoms with Crippen molar-refractivity contribution in [3.63, 3.8) is 0 Å². The van der Waals surface area contributed by atoms with Crippen LogP contribution in [0.4, 0.5) is 5.69 Å². The van der Waals surface area contributed by atoms with Gasteiger partial charge in [-0.1, -0.05) is 6.07 Å². The van der Waals surface area contributed by atoms with Crippen LogP contribution in [-0.2, 0) is 14.8 Å². The first-order chi connectivity index (χ1) is 15.4. The Morgan fingerprint density at radius 2 is 1.88 bits per heavy atom. The normalized spacial score (nSPS) is 16.2. The summed E-state index contributed by atoms with van der Waals surface area (Å²) in [5, 5.41) is 15.1. The van der Waals surface area contributed by atoms with Crippen LogP contribution in [0.15, 0.2) is 46.4 Å². The van der Waals surface area contributed by atoms with Gasteiger partial charge < -0.3 is 14.2 Å². The number of carbonyl (C=O) groups excluding carboxylic acids is 1. The molecule has 0 radical (unpaired) electrons. The minimum absolute atomic E-state index is 0.0255. The molecule has 2 aliphatic rings. The molecular formula is C19H18N4O8S. The number of benzene rings is 2. The van der Waals surface area contributed by atoms with E-state index in [9.17, 15) is 23.3 Å². The first-order valence-corrected chi connectivity index (χ1v) is 10.9. The number of rotatable bonds is 6. The van der Waals surface area contributed by atoms with E-state index >= 15 is 0 Å². The Hall–Kier alpha value is -3.55. The lowest BCUT2D eigenvalue weighted by molar-refractivity contribution is -0.385. The van der Waals surface area contributed by atoms with Crippen LogP contribution in [0.3, 0.4) is 0 Å². The zero-order valence-electron chi connectivity index (χ0n) is 16.6. The SMILES string of the molecule is O=C(NN=Cc1cc2c(cc1[N+](=O)[O-])OCO2)c1cccc(S(=O)(=O)N2CCOCC2)c1. The third kappa shape index (κ3) is 4.39. The van der Waals surface area contributed by atoms with Gasteiger partial charge in [0.1, 0.15) is 0 Å². The molecule has 1 N–H and O–H groups in total. The molecule has 0 atom stereocenters. The van der Waals surface area contributed by atoms with E-state index in [4.69, 9.17) is 14.2 Å². The van der Waals surface area contributed by atoms with Crippen LogP contribution < -0.4 is 14.9 Å². The van der Waals surface area contributed by atoms with Crippen molar-refractivity contribution < 1.29 is 32.3 Å². The molecule has 1 amide bonds. The van der Waals surface area contributed by atoms with Crippen molar-refractivity contribution in [1.29, 1.82) is 0 Å². The number of hydrogen-bond donors (Lipinski definition) is 1. The minimum atomic E-state index is -3.77. The fraction of sp³-hybridized carbons (Fsp3) is 0.263. The molecule has 0 aliphatic carbocycles. The van der Waals surface area contributed by atoms with E-state index in [1.165, 1.54) is 40.7 Å². The summed E-state index contributed by atoms with van der Waals surface area (Å²) in [6, 6.07) is 8.14. The summed E-state index contributed by atoms with van der Waals surface area (Å²) < 4.78 is 42.4. The van der Waals surface area contributed by atoms with Crippen LogP contribution in [0, 0.1) is 10.1 Å². The number of carbonyl (C=O) groups is 1. The smallest absolute Gasteiger partial charge is 0.282 e. The van der Waals surface area contributed by atoms with E-state index < -0.39 is 20.9 Å². The monoisotopic (exact) mass is 462 g/mol. The number of ether oxygens (including phenoxy) is 3. The molecule has 0 bridgehead atoms. The van der Waals surface area contributed by atoms with Gasteiger partial charge in [-0.25, -0.2) is 13.8 Å². The molecule has 2 heterocycles. The van der Waals surface area contributed by atoms with Crippen LogP contribution in [0.2, 0.25) is 0 Å². The van der Waals surface area contributed by atoms with Gasteiger partial charge in [-0.3, -0.25) is 14.9 Å². The molecule has 4 rings (SSSR count). The summed E-state index contributed by atoms with van der Waals surface area (Å²) in [5.41, 5.74) is 2.14. The number of morpholine rings is 1. The second-order valence-corrected chi connectivity index (χ2v) is 8.70. The van der Waals surface area contributed by atoms with Gasteiger partial charge in [0, 0.05) is 18.7 Å². The highest BCUT2D eigenvalue weighted by atomic mass is 32.2. The van der Waals surface area contributed by atoms with Crippen molar-refractivity contribution in [3.8, 4) is 11.5 Å². The van der Waals surface area contributed by atoms with E-state index in [1.807, 2.05) is 0 Å². The number of hydrazone groups is 1. The molecule has 12 nitrogen and oxygen atoms in total. The number of nitro benzene ring substituents is 1. The number of nitrogens with zero attached hydrogens (tertiary/aromatic N) is 3. The Labute approximate surface area is 182 Å². The lowest BCUT2D eigenvalue weighted by Crippen LogP contribution is -2.40. The molecule has 0 saturated carbocycles. The molecule has 2 aromatic rings. The summed E-state index contributed by atoms with van der Waals surface area (Å²) in [7, 11) is -3.77. The maximum Gasteiger partial charge on any atom is 0.282 e. The van der Waals surface area contributed by atoms with Gasteiger partial charge in [0.2, 0.25) is 16.8 Å². The highest BCUT2D eigenvalue weighted by Crippen LogP contribution is 2.37. The fourth-order valence-electron chi connectivity index (χ4n) is 3.17. The summed E-state index contributed by atoms with van der Waals surface area (Å²) in [5.74, 6) is -0.107. The predicted molar refractivity (Wildman–Crippen MR) is 110 cm³/mol. The Bertz CT molecular complexity index is 1190. The average molecular weight is 462 g/mol. The fourth-order valence-corrected chi connectivity index (χ4v) is 4.62. The van der Waals surface area contributed by atoms with Gasteiger partial charge in [-0.05, 0) is 24.3 Å². The Morgan fingerprint density at radius 1 is 1.16 bits per heavy atom. The first kappa shape index (κ1) is 21.7. The number of amides is 1. The summed E-state index contributed by atoms with van der Waals surface area (Å²) in [4.78, 5) is 23.1. The number of sulfonamides is 1. The summed E-state index contributed by atoms with van der Waals surface area (Å²) in [6.45, 7) is 1.03. The lowest BCUT2D eigenvalue weighted by Gasteiger charge is -2.26. The summed E-state index contributed by atoms with van der Waals surface area (Å²) in [6.07, 6.45) is 1.10. The van der Waals surface area contributed by atoms with Gasteiger partial charge >= 0.3 is 0 Å². The van der Waals surface area contributed by atoms with Crippen LogP contribution in [0.5, 0.6) is 11.5 Å². The number of nitro groups is 1. The van der Waals surface area contributed by atoms with Gasteiger partial charge in [0.25, 0.3) is 11.6 Å². The predicted octanol–water partition coefficient (Wildman–Crippen LogP) is 1.11. The minimum Gasteiger partial charge on any atom is -0.454 e. The molecule has 0 aromatic heterocycles. The van der Waals surface area contributed by atoms with Gasteiger partial charge in [0.15, 0.2) is 11.5 Å². The Morgan fingerprint density at radius 3 is 2.59 bits per heavy atom. The molecule has 168 valence electrons.